The monoisotopic (exact) mass is 236 g/mol. The Hall–Kier alpha value is -1.02. The van der Waals surface area contributed by atoms with Crippen LogP contribution >= 0.6 is 0 Å². The minimum Gasteiger partial charge on any atom is -0.497 e. The molecule has 0 aliphatic rings. The molecule has 0 bridgehead atoms. The van der Waals surface area contributed by atoms with E-state index in [0.29, 0.717) is 18.3 Å². The summed E-state index contributed by atoms with van der Waals surface area (Å²) in [6.45, 7) is 6.49. The van der Waals surface area contributed by atoms with Gasteiger partial charge in [-0.05, 0) is 42.4 Å². The van der Waals surface area contributed by atoms with Gasteiger partial charge in [0.1, 0.15) is 5.75 Å². The van der Waals surface area contributed by atoms with Gasteiger partial charge in [-0.2, -0.15) is 0 Å². The molecular weight excluding hydrogens is 212 g/mol. The molecule has 0 heterocycles. The van der Waals surface area contributed by atoms with Crippen LogP contribution in [-0.2, 0) is 6.42 Å². The highest BCUT2D eigenvalue weighted by atomic mass is 16.5. The summed E-state index contributed by atoms with van der Waals surface area (Å²) in [5.41, 5.74) is 1.13. The molecule has 0 spiro atoms. The van der Waals surface area contributed by atoms with Crippen molar-refractivity contribution in [2.24, 2.45) is 11.8 Å². The molecule has 1 aromatic rings. The summed E-state index contributed by atoms with van der Waals surface area (Å²) >= 11 is 0. The van der Waals surface area contributed by atoms with Crippen molar-refractivity contribution in [3.63, 3.8) is 0 Å². The maximum atomic E-state index is 10.1. The van der Waals surface area contributed by atoms with E-state index in [1.54, 1.807) is 7.11 Å². The minimum atomic E-state index is -0.274. The zero-order chi connectivity index (χ0) is 12.8. The fourth-order valence-electron chi connectivity index (χ4n) is 2.14. The lowest BCUT2D eigenvalue weighted by atomic mass is 9.90. The van der Waals surface area contributed by atoms with Gasteiger partial charge in [0.2, 0.25) is 0 Å². The van der Waals surface area contributed by atoms with Crippen LogP contribution in [0.1, 0.15) is 32.8 Å². The first-order chi connectivity index (χ1) is 8.02. The summed E-state index contributed by atoms with van der Waals surface area (Å²) < 4.78 is 5.18. The zero-order valence-corrected chi connectivity index (χ0v) is 11.3. The second-order valence-electron chi connectivity index (χ2n) is 5.23. The topological polar surface area (TPSA) is 29.5 Å². The Balaban J connectivity index is 2.57. The van der Waals surface area contributed by atoms with E-state index in [2.05, 4.69) is 20.8 Å². The van der Waals surface area contributed by atoms with Crippen molar-refractivity contribution >= 4 is 0 Å². The average Bonchev–Trinajstić information content (AvgIpc) is 2.28. The molecule has 0 saturated heterocycles. The number of hydrogen-bond acceptors (Lipinski definition) is 2. The molecule has 1 N–H and O–H groups in total. The highest BCUT2D eigenvalue weighted by molar-refractivity contribution is 5.28. The van der Waals surface area contributed by atoms with Crippen molar-refractivity contribution < 1.29 is 9.84 Å². The fourth-order valence-corrected chi connectivity index (χ4v) is 2.14. The molecule has 1 rings (SSSR count). The summed E-state index contributed by atoms with van der Waals surface area (Å²) in [7, 11) is 1.66. The van der Waals surface area contributed by atoms with Gasteiger partial charge in [-0.25, -0.2) is 0 Å². The summed E-state index contributed by atoms with van der Waals surface area (Å²) in [6, 6.07) is 7.92. The molecule has 2 nitrogen and oxygen atoms in total. The second-order valence-corrected chi connectivity index (χ2v) is 5.23. The molecule has 96 valence electrons. The van der Waals surface area contributed by atoms with Crippen LogP contribution in [0.15, 0.2) is 24.3 Å². The summed E-state index contributed by atoms with van der Waals surface area (Å²) in [4.78, 5) is 0. The van der Waals surface area contributed by atoms with Gasteiger partial charge in [0.25, 0.3) is 0 Å². The van der Waals surface area contributed by atoms with Gasteiger partial charge in [-0.15, -0.1) is 0 Å². The number of rotatable bonds is 6. The standard InChI is InChI=1S/C15H24O2/c1-11(2)8-12(3)15(16)10-13-6-5-7-14(9-13)17-4/h5-7,9,11-12,15-16H,8,10H2,1-4H3. The van der Waals surface area contributed by atoms with Gasteiger partial charge < -0.3 is 9.84 Å². The molecule has 2 heteroatoms. The Morgan fingerprint density at radius 1 is 1.24 bits per heavy atom. The molecule has 2 atom stereocenters. The third-order valence-electron chi connectivity index (χ3n) is 3.08. The van der Waals surface area contributed by atoms with E-state index in [0.717, 1.165) is 17.7 Å². The number of aliphatic hydroxyl groups is 1. The highest BCUT2D eigenvalue weighted by Gasteiger charge is 2.16. The molecule has 1 aromatic carbocycles. The van der Waals surface area contributed by atoms with Gasteiger partial charge in [0.15, 0.2) is 0 Å². The van der Waals surface area contributed by atoms with Crippen molar-refractivity contribution in [3.05, 3.63) is 29.8 Å². The molecule has 0 aliphatic carbocycles. The minimum absolute atomic E-state index is 0.274. The van der Waals surface area contributed by atoms with Crippen LogP contribution in [0.5, 0.6) is 5.75 Å². The zero-order valence-electron chi connectivity index (χ0n) is 11.3. The van der Waals surface area contributed by atoms with E-state index >= 15 is 0 Å². The van der Waals surface area contributed by atoms with Crippen LogP contribution in [0, 0.1) is 11.8 Å². The van der Waals surface area contributed by atoms with E-state index in [1.165, 1.54) is 0 Å². The van der Waals surface area contributed by atoms with Gasteiger partial charge in [-0.3, -0.25) is 0 Å². The van der Waals surface area contributed by atoms with Crippen molar-refractivity contribution in [1.29, 1.82) is 0 Å². The third kappa shape index (κ3) is 4.78. The highest BCUT2D eigenvalue weighted by Crippen LogP contribution is 2.20. The molecule has 0 radical (unpaired) electrons. The summed E-state index contributed by atoms with van der Waals surface area (Å²) in [5, 5.41) is 10.1. The Morgan fingerprint density at radius 2 is 1.94 bits per heavy atom. The number of ether oxygens (including phenoxy) is 1. The molecule has 0 saturated carbocycles. The van der Waals surface area contributed by atoms with Crippen LogP contribution < -0.4 is 4.74 Å². The number of benzene rings is 1. The van der Waals surface area contributed by atoms with Gasteiger partial charge >= 0.3 is 0 Å². The van der Waals surface area contributed by atoms with E-state index in [-0.39, 0.29) is 6.10 Å². The normalized spacial score (nSPS) is 14.7. The second kappa shape index (κ2) is 6.65. The van der Waals surface area contributed by atoms with Crippen molar-refractivity contribution in [2.75, 3.05) is 7.11 Å². The predicted octanol–water partition coefficient (Wildman–Crippen LogP) is 3.28. The molecule has 2 unspecified atom stereocenters. The van der Waals surface area contributed by atoms with Gasteiger partial charge in [0, 0.05) is 0 Å². The lowest BCUT2D eigenvalue weighted by Gasteiger charge is -2.20. The average molecular weight is 236 g/mol. The van der Waals surface area contributed by atoms with Crippen LogP contribution in [-0.4, -0.2) is 18.3 Å². The van der Waals surface area contributed by atoms with E-state index < -0.39 is 0 Å². The first-order valence-corrected chi connectivity index (χ1v) is 6.34. The van der Waals surface area contributed by atoms with Crippen LogP contribution in [0.4, 0.5) is 0 Å². The maximum Gasteiger partial charge on any atom is 0.119 e. The molecule has 0 aromatic heterocycles. The SMILES string of the molecule is COc1cccc(CC(O)C(C)CC(C)C)c1. The fraction of sp³-hybridized carbons (Fsp3) is 0.600. The molecule has 0 amide bonds. The van der Waals surface area contributed by atoms with Crippen molar-refractivity contribution in [2.45, 2.75) is 39.7 Å². The van der Waals surface area contributed by atoms with E-state index in [4.69, 9.17) is 4.74 Å². The molecule has 0 fully saturated rings. The molecular formula is C15H24O2. The number of aliphatic hydroxyl groups excluding tert-OH is 1. The smallest absolute Gasteiger partial charge is 0.119 e. The van der Waals surface area contributed by atoms with Crippen molar-refractivity contribution in [1.82, 2.24) is 0 Å². The largest absolute Gasteiger partial charge is 0.497 e. The summed E-state index contributed by atoms with van der Waals surface area (Å²) in [5.74, 6) is 1.82. The van der Waals surface area contributed by atoms with Crippen LogP contribution in [0.2, 0.25) is 0 Å². The quantitative estimate of drug-likeness (QED) is 0.821. The molecule has 17 heavy (non-hydrogen) atoms. The Labute approximate surface area is 105 Å². The lowest BCUT2D eigenvalue weighted by Crippen LogP contribution is -2.21. The first-order valence-electron chi connectivity index (χ1n) is 6.34. The Morgan fingerprint density at radius 3 is 2.53 bits per heavy atom. The first kappa shape index (κ1) is 14.0. The number of hydrogen-bond donors (Lipinski definition) is 1. The Kier molecular flexibility index (Phi) is 5.49. The van der Waals surface area contributed by atoms with Crippen molar-refractivity contribution in [3.8, 4) is 5.75 Å². The van der Waals surface area contributed by atoms with Crippen LogP contribution in [0.25, 0.3) is 0 Å². The predicted molar refractivity (Wildman–Crippen MR) is 71.3 cm³/mol. The van der Waals surface area contributed by atoms with E-state index in [9.17, 15) is 5.11 Å². The summed E-state index contributed by atoms with van der Waals surface area (Å²) in [6.07, 6.45) is 1.49. The number of methoxy groups -OCH3 is 1. The Bertz CT molecular complexity index is 333. The van der Waals surface area contributed by atoms with Crippen LogP contribution in [0.3, 0.4) is 0 Å². The lowest BCUT2D eigenvalue weighted by molar-refractivity contribution is 0.105. The molecule has 0 aliphatic heterocycles. The van der Waals surface area contributed by atoms with Gasteiger partial charge in [0.05, 0.1) is 13.2 Å². The third-order valence-corrected chi connectivity index (χ3v) is 3.08. The van der Waals surface area contributed by atoms with E-state index in [1.807, 2.05) is 24.3 Å². The maximum absolute atomic E-state index is 10.1. The van der Waals surface area contributed by atoms with Gasteiger partial charge in [-0.1, -0.05) is 32.9 Å².